The molecule has 0 aliphatic carbocycles. The summed E-state index contributed by atoms with van der Waals surface area (Å²) in [7, 11) is 2.33. The van der Waals surface area contributed by atoms with Crippen LogP contribution < -0.4 is 14.8 Å². The van der Waals surface area contributed by atoms with E-state index in [0.717, 1.165) is 26.0 Å². The second-order valence-electron chi connectivity index (χ2n) is 7.01. The van der Waals surface area contributed by atoms with Crippen LogP contribution in [0.4, 0.5) is 5.69 Å². The Morgan fingerprint density at radius 1 is 0.909 bits per heavy atom. The molecular weight excluding hydrogens is 426 g/mol. The van der Waals surface area contributed by atoms with E-state index < -0.39 is 11.9 Å². The molecule has 2 aromatic rings. The number of carbonyl (C=O) groups is 3. The highest BCUT2D eigenvalue weighted by Gasteiger charge is 2.18. The number of ether oxygens (including phenoxy) is 4. The molecule has 176 valence electrons. The number of esters is 2. The Morgan fingerprint density at radius 3 is 2.30 bits per heavy atom. The van der Waals surface area contributed by atoms with E-state index in [1.165, 1.54) is 20.0 Å². The van der Waals surface area contributed by atoms with Crippen molar-refractivity contribution >= 4 is 23.5 Å². The van der Waals surface area contributed by atoms with Gasteiger partial charge >= 0.3 is 11.9 Å². The van der Waals surface area contributed by atoms with Crippen LogP contribution in [0, 0.1) is 0 Å². The molecule has 2 rings (SSSR count). The summed E-state index contributed by atoms with van der Waals surface area (Å²) in [6.07, 6.45) is 5.35. The van der Waals surface area contributed by atoms with Crippen LogP contribution in [-0.2, 0) is 19.1 Å². The normalized spacial score (nSPS) is 10.8. The van der Waals surface area contributed by atoms with Gasteiger partial charge in [-0.3, -0.25) is 4.79 Å². The summed E-state index contributed by atoms with van der Waals surface area (Å²) in [6, 6.07) is 13.3. The van der Waals surface area contributed by atoms with E-state index in [4.69, 9.17) is 9.47 Å². The summed E-state index contributed by atoms with van der Waals surface area (Å²) in [5.41, 5.74) is 0.722. The number of benzene rings is 2. The maximum absolute atomic E-state index is 12.7. The fraction of sp³-hybridized carbons (Fsp3) is 0.320. The molecule has 33 heavy (non-hydrogen) atoms. The molecule has 0 unspecified atom stereocenters. The number of carbonyl (C=O) groups excluding carboxylic acids is 3. The Morgan fingerprint density at radius 2 is 1.64 bits per heavy atom. The molecule has 0 aliphatic heterocycles. The molecular formula is C25H29NO7. The van der Waals surface area contributed by atoms with Crippen LogP contribution in [0.25, 0.3) is 0 Å². The number of hydrogen-bond acceptors (Lipinski definition) is 7. The van der Waals surface area contributed by atoms with Crippen molar-refractivity contribution in [1.82, 2.24) is 0 Å². The van der Waals surface area contributed by atoms with Crippen LogP contribution in [0.3, 0.4) is 0 Å². The third-order valence-corrected chi connectivity index (χ3v) is 4.58. The van der Waals surface area contributed by atoms with Crippen molar-refractivity contribution < 1.29 is 33.3 Å². The maximum atomic E-state index is 12.7. The molecule has 8 nitrogen and oxygen atoms in total. The van der Waals surface area contributed by atoms with Gasteiger partial charge in [-0.05, 0) is 42.8 Å². The average molecular weight is 456 g/mol. The third-order valence-electron chi connectivity index (χ3n) is 4.58. The van der Waals surface area contributed by atoms with Crippen molar-refractivity contribution in [3.05, 3.63) is 65.9 Å². The molecule has 1 N–H and O–H groups in total. The summed E-state index contributed by atoms with van der Waals surface area (Å²) < 4.78 is 20.4. The lowest BCUT2D eigenvalue weighted by Crippen LogP contribution is -2.16. The van der Waals surface area contributed by atoms with E-state index in [1.807, 2.05) is 0 Å². The minimum atomic E-state index is -0.869. The summed E-state index contributed by atoms with van der Waals surface area (Å²) in [4.78, 5) is 36.2. The Bertz CT molecular complexity index is 967. The van der Waals surface area contributed by atoms with Gasteiger partial charge in [0.05, 0.1) is 32.6 Å². The monoisotopic (exact) mass is 455 g/mol. The van der Waals surface area contributed by atoms with Gasteiger partial charge in [-0.15, -0.1) is 0 Å². The Kier molecular flexibility index (Phi) is 10.5. The Labute approximate surface area is 193 Å². The van der Waals surface area contributed by atoms with Gasteiger partial charge in [0.1, 0.15) is 5.75 Å². The van der Waals surface area contributed by atoms with Gasteiger partial charge in [-0.1, -0.05) is 38.3 Å². The van der Waals surface area contributed by atoms with Gasteiger partial charge < -0.3 is 24.3 Å². The molecule has 0 spiro atoms. The second kappa shape index (κ2) is 13.6. The number of anilines is 1. The standard InChI is InChI=1S/C25H29NO7/c1-4-5-6-9-16-32-19-14-12-18(13-15-19)24(28)26-20-10-7-8-11-21(20)33-22(25(29)31-3)17-23(27)30-2/h7-8,10-15,17H,4-6,9,16H2,1-3H3,(H,26,28)/b22-17+. The largest absolute Gasteiger partial charge is 0.494 e. The lowest BCUT2D eigenvalue weighted by Gasteiger charge is -2.13. The molecule has 0 saturated carbocycles. The summed E-state index contributed by atoms with van der Waals surface area (Å²) in [6.45, 7) is 2.80. The van der Waals surface area contributed by atoms with Crippen molar-refractivity contribution in [1.29, 1.82) is 0 Å². The molecule has 0 radical (unpaired) electrons. The average Bonchev–Trinajstić information content (AvgIpc) is 2.84. The minimum absolute atomic E-state index is 0.151. The molecule has 0 atom stereocenters. The molecule has 2 aromatic carbocycles. The SMILES string of the molecule is CCCCCCOc1ccc(C(=O)Nc2ccccc2O/C(=C/C(=O)OC)C(=O)OC)cc1. The predicted molar refractivity (Wildman–Crippen MR) is 123 cm³/mol. The first-order valence-electron chi connectivity index (χ1n) is 10.7. The molecule has 0 fully saturated rings. The Hall–Kier alpha value is -3.81. The number of hydrogen-bond donors (Lipinski definition) is 1. The molecule has 8 heteroatoms. The van der Waals surface area contributed by atoms with Crippen LogP contribution in [-0.4, -0.2) is 38.7 Å². The van der Waals surface area contributed by atoms with Crippen LogP contribution in [0.5, 0.6) is 11.5 Å². The van der Waals surface area contributed by atoms with Gasteiger partial charge in [0.25, 0.3) is 5.91 Å². The van der Waals surface area contributed by atoms with Gasteiger partial charge in [0, 0.05) is 5.56 Å². The Balaban J connectivity index is 2.07. The molecule has 0 bridgehead atoms. The number of unbranched alkanes of at least 4 members (excludes halogenated alkanes) is 3. The molecule has 0 heterocycles. The first-order chi connectivity index (χ1) is 16.0. The summed E-state index contributed by atoms with van der Waals surface area (Å²) >= 11 is 0. The minimum Gasteiger partial charge on any atom is -0.494 e. The fourth-order valence-electron chi connectivity index (χ4n) is 2.79. The van der Waals surface area contributed by atoms with Crippen molar-refractivity contribution in [2.75, 3.05) is 26.1 Å². The first-order valence-corrected chi connectivity index (χ1v) is 10.7. The molecule has 1 amide bonds. The third kappa shape index (κ3) is 8.33. The number of nitrogens with one attached hydrogen (secondary N) is 1. The smallest absolute Gasteiger partial charge is 0.374 e. The van der Waals surface area contributed by atoms with Crippen molar-refractivity contribution in [3.63, 3.8) is 0 Å². The lowest BCUT2D eigenvalue weighted by atomic mass is 10.2. The van der Waals surface area contributed by atoms with Crippen LogP contribution in [0.1, 0.15) is 43.0 Å². The van der Waals surface area contributed by atoms with Gasteiger partial charge in [0.15, 0.2) is 5.75 Å². The van der Waals surface area contributed by atoms with E-state index in [1.54, 1.807) is 48.5 Å². The van der Waals surface area contributed by atoms with E-state index >= 15 is 0 Å². The van der Waals surface area contributed by atoms with E-state index in [9.17, 15) is 14.4 Å². The van der Waals surface area contributed by atoms with Gasteiger partial charge in [-0.25, -0.2) is 9.59 Å². The topological polar surface area (TPSA) is 100 Å². The highest BCUT2D eigenvalue weighted by Crippen LogP contribution is 2.27. The quantitative estimate of drug-likeness (QED) is 0.218. The van der Waals surface area contributed by atoms with E-state index in [-0.39, 0.29) is 17.4 Å². The van der Waals surface area contributed by atoms with Crippen LogP contribution in [0.15, 0.2) is 60.4 Å². The zero-order valence-electron chi connectivity index (χ0n) is 19.1. The zero-order valence-corrected chi connectivity index (χ0v) is 19.1. The summed E-state index contributed by atoms with van der Waals surface area (Å²) in [5, 5.41) is 2.74. The highest BCUT2D eigenvalue weighted by atomic mass is 16.6. The van der Waals surface area contributed by atoms with Crippen molar-refractivity contribution in [2.45, 2.75) is 32.6 Å². The zero-order chi connectivity index (χ0) is 24.1. The van der Waals surface area contributed by atoms with E-state index in [0.29, 0.717) is 23.6 Å². The number of methoxy groups -OCH3 is 2. The summed E-state index contributed by atoms with van der Waals surface area (Å²) in [5.74, 6) is -1.57. The molecule has 0 saturated heterocycles. The molecule has 0 aliphatic rings. The van der Waals surface area contributed by atoms with Crippen molar-refractivity contribution in [2.24, 2.45) is 0 Å². The van der Waals surface area contributed by atoms with Crippen LogP contribution in [0.2, 0.25) is 0 Å². The number of amides is 1. The lowest BCUT2D eigenvalue weighted by molar-refractivity contribution is -0.140. The van der Waals surface area contributed by atoms with Gasteiger partial charge in [-0.2, -0.15) is 0 Å². The predicted octanol–water partition coefficient (Wildman–Crippen LogP) is 4.51. The highest BCUT2D eigenvalue weighted by molar-refractivity contribution is 6.05. The number of rotatable bonds is 12. The van der Waals surface area contributed by atoms with Crippen molar-refractivity contribution in [3.8, 4) is 11.5 Å². The van der Waals surface area contributed by atoms with E-state index in [2.05, 4.69) is 21.7 Å². The second-order valence-corrected chi connectivity index (χ2v) is 7.01. The fourth-order valence-corrected chi connectivity index (χ4v) is 2.79. The first kappa shape index (κ1) is 25.5. The maximum Gasteiger partial charge on any atom is 0.374 e. The van der Waals surface area contributed by atoms with Gasteiger partial charge in [0.2, 0.25) is 5.76 Å². The van der Waals surface area contributed by atoms with Crippen LogP contribution >= 0.6 is 0 Å². The number of para-hydroxylation sites is 2. The molecule has 0 aromatic heterocycles.